The monoisotopic (exact) mass is 264 g/mol. The van der Waals surface area contributed by atoms with E-state index in [4.69, 9.17) is 5.73 Å². The molecule has 0 bridgehead atoms. The number of amides is 1. The van der Waals surface area contributed by atoms with E-state index in [2.05, 4.69) is 15.3 Å². The number of nitrogens with two attached hydrogens (primary N) is 1. The third kappa shape index (κ3) is 3.75. The zero-order chi connectivity index (χ0) is 13.8. The first-order valence-corrected chi connectivity index (χ1v) is 6.21. The van der Waals surface area contributed by atoms with E-state index in [0.717, 1.165) is 11.3 Å². The second kappa shape index (κ2) is 5.79. The van der Waals surface area contributed by atoms with Crippen molar-refractivity contribution in [3.05, 3.63) is 29.8 Å². The van der Waals surface area contributed by atoms with Crippen LogP contribution in [0.4, 0.5) is 4.39 Å². The lowest BCUT2D eigenvalue weighted by Gasteiger charge is -2.05. The molecule has 0 saturated carbocycles. The van der Waals surface area contributed by atoms with E-state index in [1.54, 1.807) is 13.0 Å². The zero-order valence-electron chi connectivity index (χ0n) is 10.7. The molecule has 0 radical (unpaired) electrons. The van der Waals surface area contributed by atoms with Gasteiger partial charge < -0.3 is 16.0 Å². The zero-order valence-corrected chi connectivity index (χ0v) is 10.7. The van der Waals surface area contributed by atoms with Crippen LogP contribution >= 0.6 is 0 Å². The van der Waals surface area contributed by atoms with E-state index in [0.29, 0.717) is 24.9 Å². The maximum absolute atomic E-state index is 13.0. The molecule has 1 unspecified atom stereocenters. The summed E-state index contributed by atoms with van der Waals surface area (Å²) in [5.41, 5.74) is 6.91. The fourth-order valence-corrected chi connectivity index (χ4v) is 1.84. The number of aromatic amines is 1. The van der Waals surface area contributed by atoms with Crippen molar-refractivity contribution in [1.82, 2.24) is 15.3 Å². The molecule has 0 aliphatic heterocycles. The van der Waals surface area contributed by atoms with Crippen molar-refractivity contribution >= 4 is 16.9 Å². The first-order valence-electron chi connectivity index (χ1n) is 6.21. The number of nitrogens with one attached hydrogen (secondary N) is 2. The molecule has 0 aliphatic carbocycles. The van der Waals surface area contributed by atoms with Gasteiger partial charge in [0, 0.05) is 25.4 Å². The van der Waals surface area contributed by atoms with Crippen molar-refractivity contribution in [1.29, 1.82) is 0 Å². The van der Waals surface area contributed by atoms with Crippen molar-refractivity contribution in [2.24, 2.45) is 5.73 Å². The molecule has 5 nitrogen and oxygen atoms in total. The van der Waals surface area contributed by atoms with Crippen molar-refractivity contribution in [2.75, 3.05) is 6.54 Å². The lowest BCUT2D eigenvalue weighted by molar-refractivity contribution is -0.121. The number of halogens is 1. The van der Waals surface area contributed by atoms with Crippen LogP contribution in [0, 0.1) is 5.82 Å². The molecule has 1 amide bonds. The molecule has 4 N–H and O–H groups in total. The molecule has 1 aromatic carbocycles. The summed E-state index contributed by atoms with van der Waals surface area (Å²) in [6, 6.07) is 4.26. The normalized spacial score (nSPS) is 12.6. The standard InChI is InChI=1S/C13H17FN4O/c1-8(15)6-13(19)16-5-4-12-17-10-3-2-9(14)7-11(10)18-12/h2-3,7-8H,4-6,15H2,1H3,(H,16,19)(H,17,18). The predicted octanol–water partition coefficient (Wildman–Crippen LogP) is 1.10. The van der Waals surface area contributed by atoms with Crippen LogP contribution < -0.4 is 11.1 Å². The average Bonchev–Trinajstić information content (AvgIpc) is 2.69. The summed E-state index contributed by atoms with van der Waals surface area (Å²) in [6.45, 7) is 2.27. The summed E-state index contributed by atoms with van der Waals surface area (Å²) in [7, 11) is 0. The fraction of sp³-hybridized carbons (Fsp3) is 0.385. The third-order valence-electron chi connectivity index (χ3n) is 2.68. The van der Waals surface area contributed by atoms with Crippen molar-refractivity contribution < 1.29 is 9.18 Å². The summed E-state index contributed by atoms with van der Waals surface area (Å²) in [5, 5.41) is 2.77. The number of imidazole rings is 1. The molecule has 1 heterocycles. The molecule has 0 aliphatic rings. The van der Waals surface area contributed by atoms with Crippen LogP contribution in [0.5, 0.6) is 0 Å². The second-order valence-corrected chi connectivity index (χ2v) is 4.63. The lowest BCUT2D eigenvalue weighted by Crippen LogP contribution is -2.31. The Morgan fingerprint density at radius 3 is 3.11 bits per heavy atom. The van der Waals surface area contributed by atoms with E-state index in [1.807, 2.05) is 0 Å². The molecular weight excluding hydrogens is 247 g/mol. The highest BCUT2D eigenvalue weighted by molar-refractivity contribution is 5.76. The Morgan fingerprint density at radius 2 is 2.37 bits per heavy atom. The van der Waals surface area contributed by atoms with Crippen molar-refractivity contribution in [2.45, 2.75) is 25.8 Å². The van der Waals surface area contributed by atoms with Gasteiger partial charge >= 0.3 is 0 Å². The molecule has 2 rings (SSSR count). The van der Waals surface area contributed by atoms with Gasteiger partial charge in [-0.15, -0.1) is 0 Å². The SMILES string of the molecule is CC(N)CC(=O)NCCc1nc2ccc(F)cc2[nH]1. The Balaban J connectivity index is 1.89. The summed E-state index contributed by atoms with van der Waals surface area (Å²) >= 11 is 0. The second-order valence-electron chi connectivity index (χ2n) is 4.63. The number of hydrogen-bond acceptors (Lipinski definition) is 3. The third-order valence-corrected chi connectivity index (χ3v) is 2.68. The number of aromatic nitrogens is 2. The first kappa shape index (κ1) is 13.5. The molecule has 19 heavy (non-hydrogen) atoms. The highest BCUT2D eigenvalue weighted by atomic mass is 19.1. The highest BCUT2D eigenvalue weighted by Crippen LogP contribution is 2.12. The highest BCUT2D eigenvalue weighted by Gasteiger charge is 2.06. The van der Waals surface area contributed by atoms with Gasteiger partial charge in [0.25, 0.3) is 0 Å². The van der Waals surface area contributed by atoms with Crippen molar-refractivity contribution in [3.63, 3.8) is 0 Å². The maximum Gasteiger partial charge on any atom is 0.221 e. The van der Waals surface area contributed by atoms with Crippen LogP contribution in [0.3, 0.4) is 0 Å². The van der Waals surface area contributed by atoms with Crippen LogP contribution in [-0.4, -0.2) is 28.5 Å². The number of fused-ring (bicyclic) bond motifs is 1. The number of H-pyrrole nitrogens is 1. The topological polar surface area (TPSA) is 83.8 Å². The Kier molecular flexibility index (Phi) is 4.11. The Hall–Kier alpha value is -1.95. The number of hydrogen-bond donors (Lipinski definition) is 3. The van der Waals surface area contributed by atoms with E-state index in [-0.39, 0.29) is 17.8 Å². The smallest absolute Gasteiger partial charge is 0.221 e. The number of carbonyl (C=O) groups is 1. The van der Waals surface area contributed by atoms with Crippen LogP contribution in [-0.2, 0) is 11.2 Å². The quantitative estimate of drug-likeness (QED) is 0.756. The number of benzene rings is 1. The van der Waals surface area contributed by atoms with Gasteiger partial charge in [-0.3, -0.25) is 4.79 Å². The van der Waals surface area contributed by atoms with Gasteiger partial charge in [-0.2, -0.15) is 0 Å². The molecule has 102 valence electrons. The molecule has 2 aromatic rings. The molecule has 1 atom stereocenters. The largest absolute Gasteiger partial charge is 0.356 e. The van der Waals surface area contributed by atoms with Gasteiger partial charge in [0.2, 0.25) is 5.91 Å². The molecule has 0 fully saturated rings. The number of carbonyl (C=O) groups excluding carboxylic acids is 1. The molecule has 1 aromatic heterocycles. The van der Waals surface area contributed by atoms with Crippen molar-refractivity contribution in [3.8, 4) is 0 Å². The molecule has 0 saturated heterocycles. The minimum Gasteiger partial charge on any atom is -0.356 e. The molecule has 6 heteroatoms. The van der Waals surface area contributed by atoms with Crippen LogP contribution in [0.25, 0.3) is 11.0 Å². The van der Waals surface area contributed by atoms with Gasteiger partial charge in [-0.1, -0.05) is 0 Å². The van der Waals surface area contributed by atoms with Gasteiger partial charge in [-0.05, 0) is 25.1 Å². The van der Waals surface area contributed by atoms with Gasteiger partial charge in [-0.25, -0.2) is 9.37 Å². The Morgan fingerprint density at radius 1 is 1.58 bits per heavy atom. The van der Waals surface area contributed by atoms with Gasteiger partial charge in [0.05, 0.1) is 11.0 Å². The van der Waals surface area contributed by atoms with Crippen LogP contribution in [0.2, 0.25) is 0 Å². The first-order chi connectivity index (χ1) is 9.04. The minimum atomic E-state index is -0.298. The number of nitrogens with zero attached hydrogens (tertiary/aromatic N) is 1. The van der Waals surface area contributed by atoms with E-state index < -0.39 is 0 Å². The average molecular weight is 264 g/mol. The summed E-state index contributed by atoms with van der Waals surface area (Å²) in [5.74, 6) is 0.354. The fourth-order valence-electron chi connectivity index (χ4n) is 1.84. The van der Waals surface area contributed by atoms with Gasteiger partial charge in [0.15, 0.2) is 0 Å². The molecular formula is C13H17FN4O. The maximum atomic E-state index is 13.0. The van der Waals surface area contributed by atoms with Gasteiger partial charge in [0.1, 0.15) is 11.6 Å². The summed E-state index contributed by atoms with van der Waals surface area (Å²) in [6.07, 6.45) is 0.881. The predicted molar refractivity (Wildman–Crippen MR) is 71.0 cm³/mol. The Labute approximate surface area is 110 Å². The molecule has 0 spiro atoms. The summed E-state index contributed by atoms with van der Waals surface area (Å²) in [4.78, 5) is 18.7. The van der Waals surface area contributed by atoms with E-state index in [9.17, 15) is 9.18 Å². The lowest BCUT2D eigenvalue weighted by atomic mass is 10.2. The summed E-state index contributed by atoms with van der Waals surface area (Å²) < 4.78 is 13.0. The van der Waals surface area contributed by atoms with Crippen LogP contribution in [0.1, 0.15) is 19.2 Å². The van der Waals surface area contributed by atoms with E-state index in [1.165, 1.54) is 12.1 Å². The van der Waals surface area contributed by atoms with Crippen LogP contribution in [0.15, 0.2) is 18.2 Å². The number of rotatable bonds is 5. The minimum absolute atomic E-state index is 0.0721. The Bertz CT molecular complexity index is 579. The van der Waals surface area contributed by atoms with E-state index >= 15 is 0 Å².